The molecule has 1 aliphatic rings. The molecular weight excluding hydrogens is 402 g/mol. The highest BCUT2D eigenvalue weighted by molar-refractivity contribution is 8.15. The Morgan fingerprint density at radius 1 is 1.21 bits per heavy atom. The fraction of sp³-hybridized carbons (Fsp3) is 0.222. The number of unbranched alkanes of at least 4 members (excludes halogenated alkanes) is 1. The Morgan fingerprint density at radius 2 is 2.00 bits per heavy atom. The normalized spacial score (nSPS) is 13.0. The summed E-state index contributed by atoms with van der Waals surface area (Å²) in [5.41, 5.74) is 1.10. The van der Waals surface area contributed by atoms with Crippen molar-refractivity contribution in [3.05, 3.63) is 48.5 Å². The van der Waals surface area contributed by atoms with Gasteiger partial charge in [-0.3, -0.25) is 5.32 Å². The van der Waals surface area contributed by atoms with Gasteiger partial charge in [0.25, 0.3) is 0 Å². The molecule has 2 N–H and O–H groups in total. The molecule has 2 aromatic carbocycles. The zero-order valence-corrected chi connectivity index (χ0v) is 16.7. The van der Waals surface area contributed by atoms with E-state index in [1.807, 2.05) is 6.92 Å². The number of ether oxygens (including phenoxy) is 1. The van der Waals surface area contributed by atoms with Crippen molar-refractivity contribution in [3.8, 4) is 5.75 Å². The number of fused-ring (bicyclic) bond motifs is 1. The van der Waals surface area contributed by atoms with Crippen LogP contribution < -0.4 is 14.2 Å². The molecule has 0 fully saturated rings. The van der Waals surface area contributed by atoms with Crippen LogP contribution >= 0.6 is 11.9 Å². The number of amides is 1. The van der Waals surface area contributed by atoms with Crippen molar-refractivity contribution in [1.29, 1.82) is 0 Å². The average Bonchev–Trinajstić information content (AvgIpc) is 2.69. The van der Waals surface area contributed by atoms with E-state index in [2.05, 4.69) is 15.0 Å². The number of benzene rings is 2. The third kappa shape index (κ3) is 5.17. The molecule has 0 saturated carbocycles. The van der Waals surface area contributed by atoms with E-state index in [1.165, 1.54) is 24.3 Å². The number of hydrogen-bond donors (Lipinski definition) is 2. The highest BCUT2D eigenvalue weighted by Gasteiger charge is 2.19. The zero-order valence-electron chi connectivity index (χ0n) is 15.0. The second-order valence-corrected chi connectivity index (χ2v) is 8.11. The fourth-order valence-corrected chi connectivity index (χ4v) is 3.82. The first-order valence-corrected chi connectivity index (χ1v) is 10.8. The van der Waals surface area contributed by atoms with Gasteiger partial charge in [0.15, 0.2) is 5.17 Å². The maximum Gasteiger partial charge on any atom is 0.413 e. The van der Waals surface area contributed by atoms with Crippen molar-refractivity contribution in [2.45, 2.75) is 24.7 Å². The molecule has 0 unspecified atom stereocenters. The van der Waals surface area contributed by atoms with Crippen molar-refractivity contribution < 1.29 is 22.1 Å². The number of anilines is 1. The quantitative estimate of drug-likeness (QED) is 0.412. The molecular formula is C18H19N3O5S2. The van der Waals surface area contributed by atoms with Gasteiger partial charge in [0, 0.05) is 18.0 Å². The largest absolute Gasteiger partial charge is 0.449 e. The number of nitrogens with zero attached hydrogens (tertiary/aromatic N) is 1. The molecule has 0 bridgehead atoms. The summed E-state index contributed by atoms with van der Waals surface area (Å²) in [6, 6.07) is 12.5. The van der Waals surface area contributed by atoms with Crippen LogP contribution in [0.15, 0.2) is 58.4 Å². The van der Waals surface area contributed by atoms with Crippen molar-refractivity contribution >= 4 is 44.7 Å². The van der Waals surface area contributed by atoms with Crippen LogP contribution in [-0.2, 0) is 14.9 Å². The van der Waals surface area contributed by atoms with Crippen molar-refractivity contribution in [2.75, 3.05) is 11.3 Å². The molecule has 1 amide bonds. The summed E-state index contributed by atoms with van der Waals surface area (Å²) in [6.07, 6.45) is 1.16. The summed E-state index contributed by atoms with van der Waals surface area (Å²) in [5.74, 6) is 0.154. The molecule has 28 heavy (non-hydrogen) atoms. The van der Waals surface area contributed by atoms with E-state index >= 15 is 0 Å². The Balaban J connectivity index is 1.68. The third-order valence-electron chi connectivity index (χ3n) is 3.63. The Bertz CT molecular complexity index is 978. The lowest BCUT2D eigenvalue weighted by molar-refractivity contribution is 0.150. The minimum Gasteiger partial charge on any atom is -0.449 e. The van der Waals surface area contributed by atoms with E-state index in [1.54, 1.807) is 24.3 Å². The molecule has 0 saturated heterocycles. The van der Waals surface area contributed by atoms with Crippen LogP contribution in [0.25, 0.3) is 0 Å². The Hall–Kier alpha value is -2.72. The summed E-state index contributed by atoms with van der Waals surface area (Å²) in [7, 11) is -3.92. The van der Waals surface area contributed by atoms with Gasteiger partial charge in [-0.1, -0.05) is 31.5 Å². The second kappa shape index (κ2) is 8.98. The molecule has 10 heteroatoms. The molecule has 0 radical (unpaired) electrons. The SMILES string of the molecule is CCCCOC(=O)NC1=Nc2ccc(OS(=O)(=O)c3ccccc3)cc2NS1. The predicted molar refractivity (Wildman–Crippen MR) is 108 cm³/mol. The summed E-state index contributed by atoms with van der Waals surface area (Å²) >= 11 is 1.08. The number of hydrogen-bond acceptors (Lipinski definition) is 8. The van der Waals surface area contributed by atoms with Crippen LogP contribution in [0.1, 0.15) is 19.8 Å². The summed E-state index contributed by atoms with van der Waals surface area (Å²) in [5, 5.41) is 2.89. The highest BCUT2D eigenvalue weighted by Crippen LogP contribution is 2.36. The van der Waals surface area contributed by atoms with Crippen LogP contribution in [0, 0.1) is 0 Å². The van der Waals surface area contributed by atoms with Crippen LogP contribution in [0.5, 0.6) is 5.75 Å². The molecule has 1 heterocycles. The van der Waals surface area contributed by atoms with E-state index in [9.17, 15) is 13.2 Å². The average molecular weight is 422 g/mol. The third-order valence-corrected chi connectivity index (χ3v) is 5.60. The van der Waals surface area contributed by atoms with E-state index in [0.717, 1.165) is 24.8 Å². The smallest absolute Gasteiger partial charge is 0.413 e. The van der Waals surface area contributed by atoms with Gasteiger partial charge in [-0.25, -0.2) is 9.79 Å². The lowest BCUT2D eigenvalue weighted by Gasteiger charge is -2.17. The number of rotatable bonds is 6. The van der Waals surface area contributed by atoms with E-state index in [4.69, 9.17) is 8.92 Å². The molecule has 8 nitrogen and oxygen atoms in total. The molecule has 3 rings (SSSR count). The van der Waals surface area contributed by atoms with E-state index < -0.39 is 16.2 Å². The van der Waals surface area contributed by atoms with Crippen LogP contribution in [0.2, 0.25) is 0 Å². The molecule has 2 aromatic rings. The Morgan fingerprint density at radius 3 is 2.75 bits per heavy atom. The van der Waals surface area contributed by atoms with Gasteiger partial charge < -0.3 is 13.6 Å². The maximum atomic E-state index is 12.3. The summed E-state index contributed by atoms with van der Waals surface area (Å²) in [4.78, 5) is 16.1. The highest BCUT2D eigenvalue weighted by atomic mass is 32.2. The van der Waals surface area contributed by atoms with Crippen LogP contribution in [0.4, 0.5) is 16.2 Å². The first-order chi connectivity index (χ1) is 13.5. The van der Waals surface area contributed by atoms with Crippen molar-refractivity contribution in [3.63, 3.8) is 0 Å². The maximum absolute atomic E-state index is 12.3. The lowest BCUT2D eigenvalue weighted by atomic mass is 10.2. The number of aliphatic imine (C=N–C) groups is 1. The van der Waals surface area contributed by atoms with Gasteiger partial charge in [0.1, 0.15) is 10.6 Å². The standard InChI is InChI=1S/C18H19N3O5S2/c1-2-3-11-25-18(22)20-17-19-15-10-9-13(12-16(15)21-27-17)26-28(23,24)14-7-5-4-6-8-14/h4-10,12,21H,2-3,11H2,1H3,(H,19,20,22). The Kier molecular flexibility index (Phi) is 6.42. The molecule has 0 atom stereocenters. The predicted octanol–water partition coefficient (Wildman–Crippen LogP) is 4.04. The first-order valence-electron chi connectivity index (χ1n) is 8.57. The Labute approximate surface area is 167 Å². The number of alkyl carbamates (subject to hydrolysis) is 1. The van der Waals surface area contributed by atoms with Crippen LogP contribution in [0.3, 0.4) is 0 Å². The lowest BCUT2D eigenvalue weighted by Crippen LogP contribution is -2.30. The topological polar surface area (TPSA) is 106 Å². The second-order valence-electron chi connectivity index (χ2n) is 5.77. The van der Waals surface area contributed by atoms with Gasteiger partial charge in [-0.05, 0) is 30.7 Å². The zero-order chi connectivity index (χ0) is 20.0. The van der Waals surface area contributed by atoms with Crippen LogP contribution in [-0.4, -0.2) is 26.3 Å². The number of carbonyl (C=O) groups excluding carboxylic acids is 1. The molecule has 0 spiro atoms. The van der Waals surface area contributed by atoms with Gasteiger partial charge in [0.2, 0.25) is 0 Å². The van der Waals surface area contributed by atoms with Gasteiger partial charge in [0.05, 0.1) is 18.0 Å². The fourth-order valence-electron chi connectivity index (χ4n) is 2.23. The minimum absolute atomic E-state index is 0.0705. The van der Waals surface area contributed by atoms with Gasteiger partial charge in [-0.2, -0.15) is 8.42 Å². The molecule has 148 valence electrons. The van der Waals surface area contributed by atoms with E-state index in [-0.39, 0.29) is 10.6 Å². The molecule has 1 aliphatic heterocycles. The number of amidine groups is 1. The van der Waals surface area contributed by atoms with Crippen molar-refractivity contribution in [2.24, 2.45) is 4.99 Å². The minimum atomic E-state index is -3.92. The molecule has 0 aromatic heterocycles. The monoisotopic (exact) mass is 421 g/mol. The summed E-state index contributed by atoms with van der Waals surface area (Å²) in [6.45, 7) is 2.35. The molecule has 0 aliphatic carbocycles. The number of carbonyl (C=O) groups is 1. The van der Waals surface area contributed by atoms with E-state index in [0.29, 0.717) is 23.1 Å². The van der Waals surface area contributed by atoms with Gasteiger partial charge in [-0.15, -0.1) is 0 Å². The number of nitrogens with one attached hydrogen (secondary N) is 2. The van der Waals surface area contributed by atoms with Gasteiger partial charge >= 0.3 is 16.2 Å². The van der Waals surface area contributed by atoms with Crippen molar-refractivity contribution in [1.82, 2.24) is 5.32 Å². The first kappa shape index (κ1) is 20.0. The summed E-state index contributed by atoms with van der Waals surface area (Å²) < 4.78 is 37.8.